The molecule has 0 fully saturated rings. The van der Waals surface area contributed by atoms with Crippen LogP contribution in [-0.4, -0.2) is 30.5 Å². The van der Waals surface area contributed by atoms with Crippen LogP contribution in [0.25, 0.3) is 0 Å². The molecule has 0 saturated heterocycles. The molecular weight excluding hydrogens is 354 g/mol. The maximum atomic E-state index is 12.7. The molecule has 28 heavy (non-hydrogen) atoms. The zero-order valence-electron chi connectivity index (χ0n) is 15.4. The number of rotatable bonds is 4. The largest absolute Gasteiger partial charge is 0.497 e. The number of methoxy groups -OCH3 is 1. The standard InChI is InChI=1S/C22H19N3O3/c1-28-19-7-4-15(5-8-19)21(26)24-18-6-9-20-16(13-18)10-12-25(20)22(27)17-3-2-11-23-14-17/h2-9,11,13-14H,10,12H2,1H3,(H,24,26). The van der Waals surface area contributed by atoms with Crippen molar-refractivity contribution < 1.29 is 14.3 Å². The van der Waals surface area contributed by atoms with Crippen LogP contribution < -0.4 is 15.0 Å². The van der Waals surface area contributed by atoms with Crippen LogP contribution in [0.5, 0.6) is 5.75 Å². The van der Waals surface area contributed by atoms with E-state index in [9.17, 15) is 9.59 Å². The maximum absolute atomic E-state index is 12.7. The summed E-state index contributed by atoms with van der Waals surface area (Å²) < 4.78 is 5.11. The predicted molar refractivity (Wildman–Crippen MR) is 107 cm³/mol. The van der Waals surface area contributed by atoms with E-state index in [2.05, 4.69) is 10.3 Å². The number of fused-ring (bicyclic) bond motifs is 1. The van der Waals surface area contributed by atoms with Crippen LogP contribution in [0.1, 0.15) is 26.3 Å². The number of amides is 2. The van der Waals surface area contributed by atoms with E-state index in [1.54, 1.807) is 60.8 Å². The Morgan fingerprint density at radius 3 is 2.61 bits per heavy atom. The van der Waals surface area contributed by atoms with Gasteiger partial charge in [0.15, 0.2) is 0 Å². The van der Waals surface area contributed by atoms with Crippen molar-refractivity contribution in [3.63, 3.8) is 0 Å². The van der Waals surface area contributed by atoms with Gasteiger partial charge in [0.25, 0.3) is 11.8 Å². The predicted octanol–water partition coefficient (Wildman–Crippen LogP) is 3.55. The van der Waals surface area contributed by atoms with E-state index >= 15 is 0 Å². The number of hydrogen-bond donors (Lipinski definition) is 1. The summed E-state index contributed by atoms with van der Waals surface area (Å²) >= 11 is 0. The van der Waals surface area contributed by atoms with Gasteiger partial charge in [0.2, 0.25) is 0 Å². The number of nitrogens with zero attached hydrogens (tertiary/aromatic N) is 2. The molecule has 6 heteroatoms. The van der Waals surface area contributed by atoms with Crippen LogP contribution in [-0.2, 0) is 6.42 Å². The number of nitrogens with one attached hydrogen (secondary N) is 1. The number of aromatic nitrogens is 1. The highest BCUT2D eigenvalue weighted by atomic mass is 16.5. The second-order valence-electron chi connectivity index (χ2n) is 6.47. The van der Waals surface area contributed by atoms with Crippen LogP contribution >= 0.6 is 0 Å². The van der Waals surface area contributed by atoms with Crippen LogP contribution in [0.3, 0.4) is 0 Å². The molecule has 1 aliphatic heterocycles. The van der Waals surface area contributed by atoms with Gasteiger partial charge in [-0.05, 0) is 66.6 Å². The highest BCUT2D eigenvalue weighted by molar-refractivity contribution is 6.08. The highest BCUT2D eigenvalue weighted by Gasteiger charge is 2.26. The van der Waals surface area contributed by atoms with E-state index in [1.165, 1.54) is 0 Å². The molecule has 1 aliphatic rings. The van der Waals surface area contributed by atoms with Crippen molar-refractivity contribution in [1.29, 1.82) is 0 Å². The fraction of sp³-hybridized carbons (Fsp3) is 0.136. The van der Waals surface area contributed by atoms with E-state index in [4.69, 9.17) is 4.74 Å². The zero-order valence-corrected chi connectivity index (χ0v) is 15.4. The molecule has 0 spiro atoms. The lowest BCUT2D eigenvalue weighted by atomic mass is 10.1. The van der Waals surface area contributed by atoms with Gasteiger partial charge in [-0.2, -0.15) is 0 Å². The SMILES string of the molecule is COc1ccc(C(=O)Nc2ccc3c(c2)CCN3C(=O)c2cccnc2)cc1. The molecule has 0 radical (unpaired) electrons. The van der Waals surface area contributed by atoms with Gasteiger partial charge in [-0.15, -0.1) is 0 Å². The van der Waals surface area contributed by atoms with Gasteiger partial charge in [-0.3, -0.25) is 14.6 Å². The molecule has 0 atom stereocenters. The fourth-order valence-corrected chi connectivity index (χ4v) is 3.28. The highest BCUT2D eigenvalue weighted by Crippen LogP contribution is 2.31. The fourth-order valence-electron chi connectivity index (χ4n) is 3.28. The Hall–Kier alpha value is -3.67. The zero-order chi connectivity index (χ0) is 19.5. The monoisotopic (exact) mass is 373 g/mol. The Morgan fingerprint density at radius 2 is 1.89 bits per heavy atom. The number of carbonyl (C=O) groups is 2. The van der Waals surface area contributed by atoms with E-state index in [-0.39, 0.29) is 11.8 Å². The molecule has 6 nitrogen and oxygen atoms in total. The van der Waals surface area contributed by atoms with E-state index in [0.717, 1.165) is 17.7 Å². The molecule has 2 heterocycles. The summed E-state index contributed by atoms with van der Waals surface area (Å²) in [4.78, 5) is 30.9. The van der Waals surface area contributed by atoms with Crippen molar-refractivity contribution in [3.8, 4) is 5.75 Å². The Balaban J connectivity index is 1.50. The molecule has 1 N–H and O–H groups in total. The van der Waals surface area contributed by atoms with Gasteiger partial charge in [-0.1, -0.05) is 0 Å². The molecule has 3 aromatic rings. The minimum atomic E-state index is -0.191. The molecule has 0 unspecified atom stereocenters. The van der Waals surface area contributed by atoms with Crippen molar-refractivity contribution in [2.45, 2.75) is 6.42 Å². The first-order valence-electron chi connectivity index (χ1n) is 8.96. The summed E-state index contributed by atoms with van der Waals surface area (Å²) in [6, 6.07) is 16.1. The second-order valence-corrected chi connectivity index (χ2v) is 6.47. The summed E-state index contributed by atoms with van der Waals surface area (Å²) in [6.07, 6.45) is 3.96. The summed E-state index contributed by atoms with van der Waals surface area (Å²) in [5, 5.41) is 2.91. The van der Waals surface area contributed by atoms with Crippen LogP contribution in [0.15, 0.2) is 67.0 Å². The molecule has 1 aromatic heterocycles. The lowest BCUT2D eigenvalue weighted by molar-refractivity contribution is 0.0987. The Labute approximate surface area is 162 Å². The third-order valence-corrected chi connectivity index (χ3v) is 4.74. The third kappa shape index (κ3) is 3.44. The van der Waals surface area contributed by atoms with Crippen molar-refractivity contribution in [2.24, 2.45) is 0 Å². The van der Waals surface area contributed by atoms with Gasteiger partial charge in [0.1, 0.15) is 5.75 Å². The summed E-state index contributed by atoms with van der Waals surface area (Å²) in [5.74, 6) is 0.443. The minimum absolute atomic E-state index is 0.0677. The molecule has 0 bridgehead atoms. The van der Waals surface area contributed by atoms with Gasteiger partial charge < -0.3 is 15.0 Å². The quantitative estimate of drug-likeness (QED) is 0.759. The molecule has 2 aromatic carbocycles. The lowest BCUT2D eigenvalue weighted by Crippen LogP contribution is -2.28. The molecule has 2 amide bonds. The van der Waals surface area contributed by atoms with E-state index < -0.39 is 0 Å². The molecular formula is C22H19N3O3. The summed E-state index contributed by atoms with van der Waals surface area (Å²) in [7, 11) is 1.59. The molecule has 0 saturated carbocycles. The molecule has 4 rings (SSSR count). The number of benzene rings is 2. The topological polar surface area (TPSA) is 71.5 Å². The van der Waals surface area contributed by atoms with Crippen LogP contribution in [0, 0.1) is 0 Å². The number of pyridine rings is 1. The van der Waals surface area contributed by atoms with E-state index in [1.807, 2.05) is 18.2 Å². The minimum Gasteiger partial charge on any atom is -0.497 e. The Morgan fingerprint density at radius 1 is 1.07 bits per heavy atom. The number of hydrogen-bond acceptors (Lipinski definition) is 4. The van der Waals surface area contributed by atoms with Crippen molar-refractivity contribution in [1.82, 2.24) is 4.98 Å². The number of ether oxygens (including phenoxy) is 1. The van der Waals surface area contributed by atoms with E-state index in [0.29, 0.717) is 29.1 Å². The first-order chi connectivity index (χ1) is 13.7. The van der Waals surface area contributed by atoms with Crippen molar-refractivity contribution in [3.05, 3.63) is 83.7 Å². The van der Waals surface area contributed by atoms with Gasteiger partial charge >= 0.3 is 0 Å². The van der Waals surface area contributed by atoms with Crippen LogP contribution in [0.2, 0.25) is 0 Å². The third-order valence-electron chi connectivity index (χ3n) is 4.74. The number of anilines is 2. The molecule has 0 aliphatic carbocycles. The summed E-state index contributed by atoms with van der Waals surface area (Å²) in [6.45, 7) is 0.610. The maximum Gasteiger partial charge on any atom is 0.259 e. The smallest absolute Gasteiger partial charge is 0.259 e. The average Bonchev–Trinajstić information content (AvgIpc) is 3.17. The average molecular weight is 373 g/mol. The van der Waals surface area contributed by atoms with Gasteiger partial charge in [0, 0.05) is 35.9 Å². The first kappa shape index (κ1) is 17.7. The lowest BCUT2D eigenvalue weighted by Gasteiger charge is -2.17. The Kier molecular flexibility index (Phi) is 4.76. The normalized spacial score (nSPS) is 12.4. The first-order valence-corrected chi connectivity index (χ1v) is 8.96. The molecule has 140 valence electrons. The van der Waals surface area contributed by atoms with Gasteiger partial charge in [-0.25, -0.2) is 0 Å². The Bertz CT molecular complexity index is 1020. The van der Waals surface area contributed by atoms with Crippen LogP contribution in [0.4, 0.5) is 11.4 Å². The summed E-state index contributed by atoms with van der Waals surface area (Å²) in [5.41, 5.74) is 3.72. The number of carbonyl (C=O) groups excluding carboxylic acids is 2. The second kappa shape index (κ2) is 7.52. The van der Waals surface area contributed by atoms with Crippen molar-refractivity contribution >= 4 is 23.2 Å². The van der Waals surface area contributed by atoms with Gasteiger partial charge in [0.05, 0.1) is 12.7 Å². The van der Waals surface area contributed by atoms with Crippen molar-refractivity contribution in [2.75, 3.05) is 23.9 Å².